The van der Waals surface area contributed by atoms with Crippen LogP contribution < -0.4 is 16.0 Å². The lowest BCUT2D eigenvalue weighted by Crippen LogP contribution is -2.22. The van der Waals surface area contributed by atoms with E-state index in [9.17, 15) is 9.59 Å². The Labute approximate surface area is 146 Å². The smallest absolute Gasteiger partial charge is 0.243 e. The lowest BCUT2D eigenvalue weighted by atomic mass is 10.2. The van der Waals surface area contributed by atoms with Crippen molar-refractivity contribution >= 4 is 40.5 Å². The summed E-state index contributed by atoms with van der Waals surface area (Å²) < 4.78 is 0. The number of amides is 2. The molecule has 0 spiro atoms. The minimum absolute atomic E-state index is 0.0726. The first-order chi connectivity index (χ1) is 11.5. The molecule has 0 aliphatic heterocycles. The fourth-order valence-corrected chi connectivity index (χ4v) is 2.28. The molecule has 0 aliphatic carbocycles. The van der Waals surface area contributed by atoms with E-state index in [-0.39, 0.29) is 18.4 Å². The molecule has 0 heterocycles. The SMILES string of the molecule is CCC(=O)Nc1cccc(NC(=O)CNc2cccc(Cl)c2C)c1. The molecule has 0 unspecified atom stereocenters. The molecule has 0 saturated carbocycles. The van der Waals surface area contributed by atoms with Gasteiger partial charge in [-0.1, -0.05) is 30.7 Å². The maximum Gasteiger partial charge on any atom is 0.243 e. The topological polar surface area (TPSA) is 70.2 Å². The van der Waals surface area contributed by atoms with Gasteiger partial charge in [0, 0.05) is 28.5 Å². The van der Waals surface area contributed by atoms with Crippen LogP contribution in [-0.4, -0.2) is 18.4 Å². The van der Waals surface area contributed by atoms with Gasteiger partial charge in [0.2, 0.25) is 11.8 Å². The van der Waals surface area contributed by atoms with Crippen molar-refractivity contribution in [1.29, 1.82) is 0 Å². The number of carbonyl (C=O) groups excluding carboxylic acids is 2. The summed E-state index contributed by atoms with van der Waals surface area (Å²) in [7, 11) is 0. The zero-order valence-electron chi connectivity index (χ0n) is 13.7. The Kier molecular flexibility index (Phi) is 6.21. The molecule has 0 radical (unpaired) electrons. The van der Waals surface area contributed by atoms with E-state index in [4.69, 9.17) is 11.6 Å². The highest BCUT2D eigenvalue weighted by Gasteiger charge is 2.06. The van der Waals surface area contributed by atoms with Gasteiger partial charge in [-0.25, -0.2) is 0 Å². The van der Waals surface area contributed by atoms with Gasteiger partial charge in [-0.15, -0.1) is 0 Å². The number of halogens is 1. The first-order valence-corrected chi connectivity index (χ1v) is 8.06. The molecule has 0 fully saturated rings. The predicted octanol–water partition coefficient (Wildman–Crippen LogP) is 4.05. The van der Waals surface area contributed by atoms with Crippen LogP contribution in [0.25, 0.3) is 0 Å². The average Bonchev–Trinajstić information content (AvgIpc) is 2.56. The minimum Gasteiger partial charge on any atom is -0.376 e. The van der Waals surface area contributed by atoms with Crippen molar-refractivity contribution < 1.29 is 9.59 Å². The molecule has 24 heavy (non-hydrogen) atoms. The van der Waals surface area contributed by atoms with Gasteiger partial charge in [0.25, 0.3) is 0 Å². The third kappa shape index (κ3) is 4.99. The number of hydrogen-bond donors (Lipinski definition) is 3. The summed E-state index contributed by atoms with van der Waals surface area (Å²) in [6.45, 7) is 3.79. The number of anilines is 3. The van der Waals surface area contributed by atoms with Gasteiger partial charge >= 0.3 is 0 Å². The van der Waals surface area contributed by atoms with Gasteiger partial charge < -0.3 is 16.0 Å². The van der Waals surface area contributed by atoms with Crippen LogP contribution in [0.2, 0.25) is 5.02 Å². The molecule has 2 aromatic rings. The molecular formula is C18H20ClN3O2. The summed E-state index contributed by atoms with van der Waals surface area (Å²) >= 11 is 6.05. The van der Waals surface area contributed by atoms with Crippen LogP contribution in [0, 0.1) is 6.92 Å². The van der Waals surface area contributed by atoms with Crippen LogP contribution in [0.3, 0.4) is 0 Å². The summed E-state index contributed by atoms with van der Waals surface area (Å²) in [5, 5.41) is 9.26. The molecule has 6 heteroatoms. The van der Waals surface area contributed by atoms with E-state index >= 15 is 0 Å². The third-order valence-corrected chi connectivity index (χ3v) is 3.87. The quantitative estimate of drug-likeness (QED) is 0.739. The molecule has 0 bridgehead atoms. The Balaban J connectivity index is 1.94. The average molecular weight is 346 g/mol. The van der Waals surface area contributed by atoms with Gasteiger partial charge in [-0.2, -0.15) is 0 Å². The van der Waals surface area contributed by atoms with Crippen molar-refractivity contribution in [2.75, 3.05) is 22.5 Å². The standard InChI is InChI=1S/C18H20ClN3O2/c1-3-17(23)21-13-6-4-7-14(10-13)22-18(24)11-20-16-9-5-8-15(19)12(16)2/h4-10,20H,3,11H2,1-2H3,(H,21,23)(H,22,24). The van der Waals surface area contributed by atoms with Crippen molar-refractivity contribution in [3.63, 3.8) is 0 Å². The van der Waals surface area contributed by atoms with Crippen LogP contribution in [0.5, 0.6) is 0 Å². The largest absolute Gasteiger partial charge is 0.376 e. The monoisotopic (exact) mass is 345 g/mol. The molecular weight excluding hydrogens is 326 g/mol. The molecule has 0 atom stereocenters. The van der Waals surface area contributed by atoms with E-state index in [1.165, 1.54) is 0 Å². The second-order valence-electron chi connectivity index (χ2n) is 5.30. The molecule has 2 aromatic carbocycles. The Morgan fingerprint density at radius 3 is 2.29 bits per heavy atom. The summed E-state index contributed by atoms with van der Waals surface area (Å²) in [6.07, 6.45) is 0.402. The van der Waals surface area contributed by atoms with E-state index in [0.717, 1.165) is 11.3 Å². The highest BCUT2D eigenvalue weighted by atomic mass is 35.5. The number of hydrogen-bond acceptors (Lipinski definition) is 3. The van der Waals surface area contributed by atoms with Gasteiger partial charge in [0.05, 0.1) is 6.54 Å². The Morgan fingerprint density at radius 1 is 1.00 bits per heavy atom. The molecule has 0 aromatic heterocycles. The van der Waals surface area contributed by atoms with Crippen molar-refractivity contribution in [3.05, 3.63) is 53.1 Å². The number of rotatable bonds is 6. The molecule has 0 aliphatic rings. The van der Waals surface area contributed by atoms with Gasteiger partial charge in [0.1, 0.15) is 0 Å². The van der Waals surface area contributed by atoms with E-state index in [2.05, 4.69) is 16.0 Å². The van der Waals surface area contributed by atoms with Crippen molar-refractivity contribution in [1.82, 2.24) is 0 Å². The second kappa shape index (κ2) is 8.36. The Bertz CT molecular complexity index is 747. The van der Waals surface area contributed by atoms with E-state index in [1.807, 2.05) is 19.1 Å². The highest BCUT2D eigenvalue weighted by molar-refractivity contribution is 6.31. The lowest BCUT2D eigenvalue weighted by molar-refractivity contribution is -0.116. The fraction of sp³-hybridized carbons (Fsp3) is 0.222. The number of carbonyl (C=O) groups is 2. The maximum atomic E-state index is 12.1. The molecule has 126 valence electrons. The Hall–Kier alpha value is -2.53. The maximum absolute atomic E-state index is 12.1. The van der Waals surface area contributed by atoms with Gasteiger partial charge in [-0.05, 0) is 42.8 Å². The second-order valence-corrected chi connectivity index (χ2v) is 5.70. The number of benzene rings is 2. The molecule has 2 rings (SSSR count). The first kappa shape index (κ1) is 17.8. The lowest BCUT2D eigenvalue weighted by Gasteiger charge is -2.11. The molecule has 2 amide bonds. The molecule has 3 N–H and O–H groups in total. The third-order valence-electron chi connectivity index (χ3n) is 3.46. The van der Waals surface area contributed by atoms with Crippen LogP contribution in [0.15, 0.2) is 42.5 Å². The van der Waals surface area contributed by atoms with Crippen LogP contribution in [-0.2, 0) is 9.59 Å². The highest BCUT2D eigenvalue weighted by Crippen LogP contribution is 2.22. The van der Waals surface area contributed by atoms with Crippen molar-refractivity contribution in [2.45, 2.75) is 20.3 Å². The minimum atomic E-state index is -0.187. The first-order valence-electron chi connectivity index (χ1n) is 7.68. The fourth-order valence-electron chi connectivity index (χ4n) is 2.10. The summed E-state index contributed by atoms with van der Waals surface area (Å²) in [6, 6.07) is 12.5. The van der Waals surface area contributed by atoms with Crippen molar-refractivity contribution in [2.24, 2.45) is 0 Å². The van der Waals surface area contributed by atoms with Crippen LogP contribution in [0.4, 0.5) is 17.1 Å². The summed E-state index contributed by atoms with van der Waals surface area (Å²) in [5.41, 5.74) is 3.00. The predicted molar refractivity (Wildman–Crippen MR) is 98.7 cm³/mol. The van der Waals surface area contributed by atoms with Crippen LogP contribution in [0.1, 0.15) is 18.9 Å². The van der Waals surface area contributed by atoms with E-state index in [1.54, 1.807) is 37.3 Å². The summed E-state index contributed by atoms with van der Waals surface area (Å²) in [5.74, 6) is -0.259. The van der Waals surface area contributed by atoms with Gasteiger partial charge in [-0.3, -0.25) is 9.59 Å². The van der Waals surface area contributed by atoms with E-state index < -0.39 is 0 Å². The van der Waals surface area contributed by atoms with Crippen molar-refractivity contribution in [3.8, 4) is 0 Å². The van der Waals surface area contributed by atoms with Gasteiger partial charge in [0.15, 0.2) is 0 Å². The molecule has 0 saturated heterocycles. The normalized spacial score (nSPS) is 10.1. The zero-order chi connectivity index (χ0) is 17.5. The number of nitrogens with one attached hydrogen (secondary N) is 3. The molecule has 5 nitrogen and oxygen atoms in total. The van der Waals surface area contributed by atoms with E-state index in [0.29, 0.717) is 22.8 Å². The van der Waals surface area contributed by atoms with Crippen LogP contribution >= 0.6 is 11.6 Å². The Morgan fingerprint density at radius 2 is 1.62 bits per heavy atom. The zero-order valence-corrected chi connectivity index (χ0v) is 14.4. The summed E-state index contributed by atoms with van der Waals surface area (Å²) in [4.78, 5) is 23.5.